The van der Waals surface area contributed by atoms with Crippen LogP contribution in [0.25, 0.3) is 0 Å². The molecule has 8 heteroatoms. The number of sulfonamides is 1. The van der Waals surface area contributed by atoms with Gasteiger partial charge in [0.2, 0.25) is 15.9 Å². The number of nitrogens with one attached hydrogen (secondary N) is 2. The molecule has 1 heterocycles. The summed E-state index contributed by atoms with van der Waals surface area (Å²) in [6.07, 6.45) is 0. The first-order valence-electron chi connectivity index (χ1n) is 6.51. The molecule has 0 radical (unpaired) electrons. The lowest BCUT2D eigenvalue weighted by Gasteiger charge is -2.34. The van der Waals surface area contributed by atoms with E-state index in [1.165, 1.54) is 0 Å². The predicted molar refractivity (Wildman–Crippen MR) is 72.3 cm³/mol. The molecule has 0 aromatic heterocycles. The molecule has 112 valence electrons. The van der Waals surface area contributed by atoms with E-state index in [9.17, 15) is 13.2 Å². The fourth-order valence-corrected chi connectivity index (χ4v) is 2.69. The monoisotopic (exact) mass is 293 g/mol. The molecular formula is C11H23N3O4S. The molecule has 1 aliphatic rings. The Kier molecular flexibility index (Phi) is 6.70. The highest BCUT2D eigenvalue weighted by molar-refractivity contribution is 7.89. The molecule has 0 bridgehead atoms. The Balaban J connectivity index is 2.36. The summed E-state index contributed by atoms with van der Waals surface area (Å²) in [7, 11) is -3.44. The van der Waals surface area contributed by atoms with Crippen LogP contribution in [0.3, 0.4) is 0 Å². The van der Waals surface area contributed by atoms with Crippen LogP contribution in [0, 0.1) is 0 Å². The van der Waals surface area contributed by atoms with E-state index in [-0.39, 0.29) is 30.9 Å². The summed E-state index contributed by atoms with van der Waals surface area (Å²) in [4.78, 5) is 13.6. The lowest BCUT2D eigenvalue weighted by Crippen LogP contribution is -2.54. The van der Waals surface area contributed by atoms with E-state index in [1.807, 2.05) is 6.92 Å². The second-order valence-electron chi connectivity index (χ2n) is 4.48. The Labute approximate surface area is 114 Å². The van der Waals surface area contributed by atoms with Crippen LogP contribution in [-0.4, -0.2) is 70.4 Å². The predicted octanol–water partition coefficient (Wildman–Crippen LogP) is -1.24. The van der Waals surface area contributed by atoms with E-state index in [1.54, 1.807) is 11.8 Å². The maximum Gasteiger partial charge on any atom is 0.237 e. The summed E-state index contributed by atoms with van der Waals surface area (Å²) in [5.74, 6) is -0.306. The molecule has 0 aliphatic carbocycles. The number of nitrogens with zero attached hydrogens (tertiary/aromatic N) is 1. The molecule has 1 atom stereocenters. The van der Waals surface area contributed by atoms with Gasteiger partial charge in [-0.2, -0.15) is 0 Å². The van der Waals surface area contributed by atoms with Gasteiger partial charge in [0.1, 0.15) is 0 Å². The topological polar surface area (TPSA) is 87.7 Å². The number of hydrogen-bond acceptors (Lipinski definition) is 5. The number of carbonyl (C=O) groups is 1. The van der Waals surface area contributed by atoms with Crippen molar-refractivity contribution in [2.75, 3.05) is 45.1 Å². The third-order valence-electron chi connectivity index (χ3n) is 2.97. The SMILES string of the molecule is CCOCCS(=O)(=O)NCC(=O)N1CCNC[C@@H]1C. The fourth-order valence-electron chi connectivity index (χ4n) is 1.87. The molecule has 0 aromatic rings. The van der Waals surface area contributed by atoms with Gasteiger partial charge in [-0.25, -0.2) is 13.1 Å². The van der Waals surface area contributed by atoms with E-state index < -0.39 is 10.0 Å². The van der Waals surface area contributed by atoms with Gasteiger partial charge in [-0.1, -0.05) is 0 Å². The Hall–Kier alpha value is -0.700. The molecule has 7 nitrogen and oxygen atoms in total. The minimum Gasteiger partial charge on any atom is -0.381 e. The molecular weight excluding hydrogens is 270 g/mol. The zero-order valence-electron chi connectivity index (χ0n) is 11.5. The van der Waals surface area contributed by atoms with Crippen molar-refractivity contribution in [2.45, 2.75) is 19.9 Å². The highest BCUT2D eigenvalue weighted by Gasteiger charge is 2.23. The molecule has 19 heavy (non-hydrogen) atoms. The van der Waals surface area contributed by atoms with Crippen LogP contribution < -0.4 is 10.0 Å². The van der Waals surface area contributed by atoms with Crippen molar-refractivity contribution in [3.63, 3.8) is 0 Å². The molecule has 1 rings (SSSR count). The molecule has 1 saturated heterocycles. The third kappa shape index (κ3) is 5.85. The summed E-state index contributed by atoms with van der Waals surface area (Å²) in [5.41, 5.74) is 0. The molecule has 0 spiro atoms. The van der Waals surface area contributed by atoms with E-state index >= 15 is 0 Å². The normalized spacial score (nSPS) is 20.5. The quantitative estimate of drug-likeness (QED) is 0.574. The Morgan fingerprint density at radius 1 is 1.53 bits per heavy atom. The number of carbonyl (C=O) groups excluding carboxylic acids is 1. The summed E-state index contributed by atoms with van der Waals surface area (Å²) < 4.78 is 30.5. The second-order valence-corrected chi connectivity index (χ2v) is 6.40. The molecule has 0 saturated carbocycles. The highest BCUT2D eigenvalue weighted by Crippen LogP contribution is 2.02. The van der Waals surface area contributed by atoms with Gasteiger partial charge in [-0.15, -0.1) is 0 Å². The second kappa shape index (κ2) is 7.78. The first-order valence-corrected chi connectivity index (χ1v) is 8.16. The van der Waals surface area contributed by atoms with Gasteiger partial charge < -0.3 is 15.0 Å². The third-order valence-corrected chi connectivity index (χ3v) is 4.25. The number of hydrogen-bond donors (Lipinski definition) is 2. The van der Waals surface area contributed by atoms with E-state index in [0.717, 1.165) is 13.1 Å². The zero-order chi connectivity index (χ0) is 14.3. The smallest absolute Gasteiger partial charge is 0.237 e. The van der Waals surface area contributed by atoms with E-state index in [0.29, 0.717) is 13.2 Å². The number of amides is 1. The van der Waals surface area contributed by atoms with E-state index in [2.05, 4.69) is 10.0 Å². The summed E-state index contributed by atoms with van der Waals surface area (Å²) in [6.45, 7) is 6.27. The van der Waals surface area contributed by atoms with Gasteiger partial charge in [0.05, 0.1) is 18.9 Å². The van der Waals surface area contributed by atoms with Crippen LogP contribution in [0.1, 0.15) is 13.8 Å². The molecule has 0 unspecified atom stereocenters. The van der Waals surface area contributed by atoms with Gasteiger partial charge in [0, 0.05) is 32.3 Å². The van der Waals surface area contributed by atoms with Crippen LogP contribution in [-0.2, 0) is 19.6 Å². The van der Waals surface area contributed by atoms with E-state index in [4.69, 9.17) is 4.74 Å². The van der Waals surface area contributed by atoms with Gasteiger partial charge in [0.25, 0.3) is 0 Å². The minimum atomic E-state index is -3.44. The summed E-state index contributed by atoms with van der Waals surface area (Å²) >= 11 is 0. The largest absolute Gasteiger partial charge is 0.381 e. The fraction of sp³-hybridized carbons (Fsp3) is 0.909. The van der Waals surface area contributed by atoms with Crippen LogP contribution in [0.15, 0.2) is 0 Å². The van der Waals surface area contributed by atoms with Gasteiger partial charge in [0.15, 0.2) is 0 Å². The lowest BCUT2D eigenvalue weighted by molar-refractivity contribution is -0.132. The Morgan fingerprint density at radius 3 is 2.89 bits per heavy atom. The van der Waals surface area contributed by atoms with Crippen molar-refractivity contribution in [3.05, 3.63) is 0 Å². The average molecular weight is 293 g/mol. The zero-order valence-corrected chi connectivity index (χ0v) is 12.3. The van der Waals surface area contributed by atoms with Crippen LogP contribution >= 0.6 is 0 Å². The molecule has 0 aromatic carbocycles. The van der Waals surface area contributed by atoms with Crippen molar-refractivity contribution in [1.82, 2.24) is 14.9 Å². The van der Waals surface area contributed by atoms with Gasteiger partial charge in [-0.3, -0.25) is 4.79 Å². The maximum absolute atomic E-state index is 11.9. The molecule has 1 fully saturated rings. The minimum absolute atomic E-state index is 0.0918. The van der Waals surface area contributed by atoms with Crippen LogP contribution in [0.4, 0.5) is 0 Å². The average Bonchev–Trinajstić information content (AvgIpc) is 2.37. The van der Waals surface area contributed by atoms with Crippen LogP contribution in [0.5, 0.6) is 0 Å². The first-order chi connectivity index (χ1) is 8.96. The Morgan fingerprint density at radius 2 is 2.26 bits per heavy atom. The van der Waals surface area contributed by atoms with Crippen molar-refractivity contribution in [2.24, 2.45) is 0 Å². The van der Waals surface area contributed by atoms with Crippen molar-refractivity contribution < 1.29 is 17.9 Å². The van der Waals surface area contributed by atoms with Crippen molar-refractivity contribution >= 4 is 15.9 Å². The lowest BCUT2D eigenvalue weighted by atomic mass is 10.2. The molecule has 2 N–H and O–H groups in total. The maximum atomic E-state index is 11.9. The first kappa shape index (κ1) is 16.4. The number of piperazine rings is 1. The van der Waals surface area contributed by atoms with Crippen LogP contribution in [0.2, 0.25) is 0 Å². The van der Waals surface area contributed by atoms with Crippen molar-refractivity contribution in [1.29, 1.82) is 0 Å². The Bertz CT molecular complexity index is 385. The van der Waals surface area contributed by atoms with Crippen molar-refractivity contribution in [3.8, 4) is 0 Å². The molecule has 1 aliphatic heterocycles. The van der Waals surface area contributed by atoms with Gasteiger partial charge in [-0.05, 0) is 13.8 Å². The number of rotatable bonds is 7. The summed E-state index contributed by atoms with van der Waals surface area (Å²) in [5, 5.41) is 3.18. The highest BCUT2D eigenvalue weighted by atomic mass is 32.2. The molecule has 1 amide bonds. The number of ether oxygens (including phenoxy) is 1. The van der Waals surface area contributed by atoms with Gasteiger partial charge >= 0.3 is 0 Å². The standard InChI is InChI=1S/C11H23N3O4S/c1-3-18-6-7-19(16,17)13-9-11(15)14-5-4-12-8-10(14)2/h10,12-13H,3-9H2,1-2H3/t10-/m0/s1. The summed E-state index contributed by atoms with van der Waals surface area (Å²) in [6, 6.07) is 0.0918.